The van der Waals surface area contributed by atoms with Crippen molar-refractivity contribution in [2.45, 2.75) is 52.2 Å². The molecule has 0 aromatic carbocycles. The number of furan rings is 1. The van der Waals surface area contributed by atoms with Crippen LogP contribution in [0.1, 0.15) is 39.4 Å². The Bertz CT molecular complexity index is 318. The minimum Gasteiger partial charge on any atom is -0.468 e. The molecule has 0 fully saturated rings. The van der Waals surface area contributed by atoms with E-state index in [9.17, 15) is 4.79 Å². The van der Waals surface area contributed by atoms with Crippen LogP contribution in [-0.2, 0) is 11.3 Å². The summed E-state index contributed by atoms with van der Waals surface area (Å²) in [5, 5.41) is 6.15. The number of rotatable bonds is 7. The van der Waals surface area contributed by atoms with Crippen LogP contribution < -0.4 is 10.6 Å². The third kappa shape index (κ3) is 4.61. The predicted octanol–water partition coefficient (Wildman–Crippen LogP) is 2.06. The summed E-state index contributed by atoms with van der Waals surface area (Å²) in [5.41, 5.74) is 0. The van der Waals surface area contributed by atoms with Gasteiger partial charge in [0, 0.05) is 6.04 Å². The van der Waals surface area contributed by atoms with Crippen molar-refractivity contribution in [1.29, 1.82) is 0 Å². The molecule has 0 aliphatic rings. The smallest absolute Gasteiger partial charge is 0.237 e. The highest BCUT2D eigenvalue weighted by Gasteiger charge is 2.15. The number of nitrogens with one attached hydrogen (secondary N) is 2. The molecule has 17 heavy (non-hydrogen) atoms. The number of carbonyl (C=O) groups is 1. The van der Waals surface area contributed by atoms with Gasteiger partial charge in [0.05, 0.1) is 18.8 Å². The Morgan fingerprint density at radius 3 is 2.65 bits per heavy atom. The third-order valence-electron chi connectivity index (χ3n) is 2.89. The van der Waals surface area contributed by atoms with E-state index in [1.807, 2.05) is 19.1 Å². The summed E-state index contributed by atoms with van der Waals surface area (Å²) in [4.78, 5) is 11.8. The van der Waals surface area contributed by atoms with E-state index in [-0.39, 0.29) is 18.0 Å². The first-order chi connectivity index (χ1) is 8.17. The van der Waals surface area contributed by atoms with Crippen LogP contribution in [0.4, 0.5) is 0 Å². The quantitative estimate of drug-likeness (QED) is 0.764. The Kier molecular flexibility index (Phi) is 5.77. The van der Waals surface area contributed by atoms with E-state index in [1.54, 1.807) is 6.26 Å². The molecule has 1 aromatic heterocycles. The fourth-order valence-electron chi connectivity index (χ4n) is 1.58. The molecule has 0 saturated heterocycles. The van der Waals surface area contributed by atoms with Crippen LogP contribution in [0.2, 0.25) is 0 Å². The van der Waals surface area contributed by atoms with Crippen LogP contribution in [0.5, 0.6) is 0 Å². The second-order valence-electron chi connectivity index (χ2n) is 4.20. The molecule has 96 valence electrons. The average Bonchev–Trinajstić information content (AvgIpc) is 2.85. The zero-order valence-corrected chi connectivity index (χ0v) is 10.8. The van der Waals surface area contributed by atoms with E-state index >= 15 is 0 Å². The lowest BCUT2D eigenvalue weighted by Crippen LogP contribution is -2.45. The zero-order chi connectivity index (χ0) is 12.7. The topological polar surface area (TPSA) is 54.3 Å². The highest BCUT2D eigenvalue weighted by molar-refractivity contribution is 5.81. The lowest BCUT2D eigenvalue weighted by atomic mass is 10.1. The zero-order valence-electron chi connectivity index (χ0n) is 10.8. The fourth-order valence-corrected chi connectivity index (χ4v) is 1.58. The second-order valence-corrected chi connectivity index (χ2v) is 4.20. The van der Waals surface area contributed by atoms with Gasteiger partial charge < -0.3 is 9.73 Å². The lowest BCUT2D eigenvalue weighted by molar-refractivity contribution is -0.123. The van der Waals surface area contributed by atoms with Crippen molar-refractivity contribution in [1.82, 2.24) is 10.6 Å². The normalized spacial score (nSPS) is 12.7. The molecule has 0 spiro atoms. The summed E-state index contributed by atoms with van der Waals surface area (Å²) in [6, 6.07) is 3.79. The van der Waals surface area contributed by atoms with Crippen molar-refractivity contribution >= 4 is 5.91 Å². The Morgan fingerprint density at radius 1 is 1.41 bits per heavy atom. The Labute approximate surface area is 103 Å². The molecule has 0 aliphatic carbocycles. The summed E-state index contributed by atoms with van der Waals surface area (Å²) >= 11 is 0. The van der Waals surface area contributed by atoms with E-state index in [2.05, 4.69) is 24.5 Å². The highest BCUT2D eigenvalue weighted by atomic mass is 16.3. The van der Waals surface area contributed by atoms with Crippen LogP contribution in [0, 0.1) is 0 Å². The summed E-state index contributed by atoms with van der Waals surface area (Å²) in [6.07, 6.45) is 3.56. The number of amides is 1. The van der Waals surface area contributed by atoms with E-state index in [0.717, 1.165) is 18.6 Å². The second kappa shape index (κ2) is 7.12. The van der Waals surface area contributed by atoms with Crippen LogP contribution in [0.15, 0.2) is 22.8 Å². The monoisotopic (exact) mass is 238 g/mol. The molecule has 0 radical (unpaired) electrons. The van der Waals surface area contributed by atoms with E-state index in [4.69, 9.17) is 4.42 Å². The number of hydrogen-bond donors (Lipinski definition) is 2. The average molecular weight is 238 g/mol. The van der Waals surface area contributed by atoms with Gasteiger partial charge in [0.15, 0.2) is 0 Å². The predicted molar refractivity (Wildman–Crippen MR) is 67.5 cm³/mol. The van der Waals surface area contributed by atoms with Crippen LogP contribution >= 0.6 is 0 Å². The number of carbonyl (C=O) groups excluding carboxylic acids is 1. The molecule has 1 atom stereocenters. The van der Waals surface area contributed by atoms with E-state index in [1.165, 1.54) is 0 Å². The van der Waals surface area contributed by atoms with Crippen LogP contribution in [-0.4, -0.2) is 18.0 Å². The summed E-state index contributed by atoms with van der Waals surface area (Å²) in [7, 11) is 0. The SMILES string of the molecule is CCC(CC)NC(=O)C(C)NCc1ccco1. The van der Waals surface area contributed by atoms with Crippen LogP contribution in [0.25, 0.3) is 0 Å². The lowest BCUT2D eigenvalue weighted by Gasteiger charge is -2.18. The largest absolute Gasteiger partial charge is 0.468 e. The molecule has 0 saturated carbocycles. The Hall–Kier alpha value is -1.29. The van der Waals surface area contributed by atoms with Crippen molar-refractivity contribution in [3.8, 4) is 0 Å². The molecular weight excluding hydrogens is 216 g/mol. The molecule has 0 bridgehead atoms. The van der Waals surface area contributed by atoms with Gasteiger partial charge >= 0.3 is 0 Å². The maximum atomic E-state index is 11.8. The van der Waals surface area contributed by atoms with Gasteiger partial charge in [-0.2, -0.15) is 0 Å². The van der Waals surface area contributed by atoms with Gasteiger partial charge in [-0.15, -0.1) is 0 Å². The van der Waals surface area contributed by atoms with Crippen molar-refractivity contribution in [3.63, 3.8) is 0 Å². The molecule has 1 heterocycles. The summed E-state index contributed by atoms with van der Waals surface area (Å²) in [5.74, 6) is 0.887. The summed E-state index contributed by atoms with van der Waals surface area (Å²) in [6.45, 7) is 6.59. The minimum atomic E-state index is -0.208. The molecule has 1 aromatic rings. The van der Waals surface area contributed by atoms with Gasteiger partial charge in [-0.1, -0.05) is 13.8 Å². The maximum absolute atomic E-state index is 11.8. The molecule has 1 rings (SSSR count). The minimum absolute atomic E-state index is 0.0465. The molecule has 1 amide bonds. The van der Waals surface area contributed by atoms with Gasteiger partial charge in [-0.25, -0.2) is 0 Å². The molecule has 2 N–H and O–H groups in total. The van der Waals surface area contributed by atoms with Gasteiger partial charge in [0.1, 0.15) is 5.76 Å². The van der Waals surface area contributed by atoms with Gasteiger partial charge in [0.25, 0.3) is 0 Å². The molecule has 1 unspecified atom stereocenters. The van der Waals surface area contributed by atoms with Gasteiger partial charge in [-0.3, -0.25) is 10.1 Å². The molecule has 0 aliphatic heterocycles. The van der Waals surface area contributed by atoms with Crippen molar-refractivity contribution < 1.29 is 9.21 Å². The Morgan fingerprint density at radius 2 is 2.12 bits per heavy atom. The summed E-state index contributed by atoms with van der Waals surface area (Å²) < 4.78 is 5.19. The highest BCUT2D eigenvalue weighted by Crippen LogP contribution is 2.00. The van der Waals surface area contributed by atoms with Crippen molar-refractivity contribution in [3.05, 3.63) is 24.2 Å². The maximum Gasteiger partial charge on any atom is 0.237 e. The van der Waals surface area contributed by atoms with E-state index in [0.29, 0.717) is 6.54 Å². The first-order valence-electron chi connectivity index (χ1n) is 6.23. The van der Waals surface area contributed by atoms with Gasteiger partial charge in [0.2, 0.25) is 5.91 Å². The van der Waals surface area contributed by atoms with E-state index < -0.39 is 0 Å². The van der Waals surface area contributed by atoms with Crippen molar-refractivity contribution in [2.75, 3.05) is 0 Å². The standard InChI is InChI=1S/C13H22N2O2/c1-4-11(5-2)15-13(16)10(3)14-9-12-7-6-8-17-12/h6-8,10-11,14H,4-5,9H2,1-3H3,(H,15,16). The fraction of sp³-hybridized carbons (Fsp3) is 0.615. The first kappa shape index (κ1) is 13.8. The third-order valence-corrected chi connectivity index (χ3v) is 2.89. The van der Waals surface area contributed by atoms with Crippen LogP contribution in [0.3, 0.4) is 0 Å². The first-order valence-corrected chi connectivity index (χ1v) is 6.23. The Balaban J connectivity index is 2.31. The molecular formula is C13H22N2O2. The number of hydrogen-bond acceptors (Lipinski definition) is 3. The van der Waals surface area contributed by atoms with Gasteiger partial charge in [-0.05, 0) is 31.9 Å². The molecule has 4 heteroatoms. The van der Waals surface area contributed by atoms with Crippen molar-refractivity contribution in [2.24, 2.45) is 0 Å². The molecule has 4 nitrogen and oxygen atoms in total.